The summed E-state index contributed by atoms with van der Waals surface area (Å²) in [5.41, 5.74) is 0.100. The second-order valence-corrected chi connectivity index (χ2v) is 4.33. The molecule has 16 heavy (non-hydrogen) atoms. The molecule has 0 amide bonds. The Labute approximate surface area is 95.3 Å². The molecule has 1 aliphatic carbocycles. The summed E-state index contributed by atoms with van der Waals surface area (Å²) in [6.07, 6.45) is 3.74. The van der Waals surface area contributed by atoms with Crippen molar-refractivity contribution in [1.82, 2.24) is 9.97 Å². The number of aromatic nitrogens is 2. The van der Waals surface area contributed by atoms with Crippen LogP contribution in [0.1, 0.15) is 19.8 Å². The van der Waals surface area contributed by atoms with Crippen LogP contribution in [0, 0.1) is 5.41 Å². The van der Waals surface area contributed by atoms with E-state index >= 15 is 0 Å². The van der Waals surface area contributed by atoms with Crippen molar-refractivity contribution in [2.75, 3.05) is 30.3 Å². The number of hydrogen-bond donors (Lipinski definition) is 3. The minimum Gasteiger partial charge on any atom is -0.396 e. The maximum absolute atomic E-state index is 9.19. The Bertz CT molecular complexity index is 352. The number of aliphatic hydroxyl groups is 1. The molecular formula is C11H18N4O. The SMILES string of the molecule is CCNc1cc(NCC2(CO)CC2)ncn1. The minimum absolute atomic E-state index is 0.100. The zero-order valence-corrected chi connectivity index (χ0v) is 9.53. The van der Waals surface area contributed by atoms with Gasteiger partial charge in [-0.2, -0.15) is 0 Å². The number of nitrogens with zero attached hydrogens (tertiary/aromatic N) is 2. The van der Waals surface area contributed by atoms with Crippen molar-refractivity contribution in [3.63, 3.8) is 0 Å². The van der Waals surface area contributed by atoms with E-state index in [2.05, 4.69) is 20.6 Å². The number of anilines is 2. The van der Waals surface area contributed by atoms with E-state index in [-0.39, 0.29) is 12.0 Å². The third-order valence-electron chi connectivity index (χ3n) is 2.96. The zero-order valence-electron chi connectivity index (χ0n) is 9.53. The molecule has 0 unspecified atom stereocenters. The second-order valence-electron chi connectivity index (χ2n) is 4.33. The third kappa shape index (κ3) is 2.61. The van der Waals surface area contributed by atoms with Gasteiger partial charge in [0, 0.05) is 24.6 Å². The van der Waals surface area contributed by atoms with Crippen LogP contribution >= 0.6 is 0 Å². The molecule has 5 heteroatoms. The van der Waals surface area contributed by atoms with Crippen LogP contribution in [0.2, 0.25) is 0 Å². The van der Waals surface area contributed by atoms with Crippen LogP contribution in [-0.2, 0) is 0 Å². The molecule has 1 aromatic rings. The van der Waals surface area contributed by atoms with Crippen molar-refractivity contribution in [2.24, 2.45) is 5.41 Å². The number of hydrogen-bond acceptors (Lipinski definition) is 5. The zero-order chi connectivity index (χ0) is 11.4. The Morgan fingerprint density at radius 3 is 2.56 bits per heavy atom. The normalized spacial score (nSPS) is 16.9. The first-order valence-corrected chi connectivity index (χ1v) is 5.69. The Kier molecular flexibility index (Phi) is 3.24. The van der Waals surface area contributed by atoms with Gasteiger partial charge in [0.15, 0.2) is 0 Å². The molecule has 0 radical (unpaired) electrons. The minimum atomic E-state index is 0.100. The van der Waals surface area contributed by atoms with E-state index in [1.807, 2.05) is 13.0 Å². The quantitative estimate of drug-likeness (QED) is 0.672. The molecule has 5 nitrogen and oxygen atoms in total. The summed E-state index contributed by atoms with van der Waals surface area (Å²) in [5.74, 6) is 1.64. The van der Waals surface area contributed by atoms with Crippen LogP contribution in [0.25, 0.3) is 0 Å². The van der Waals surface area contributed by atoms with Crippen molar-refractivity contribution >= 4 is 11.6 Å². The first-order valence-electron chi connectivity index (χ1n) is 5.69. The summed E-state index contributed by atoms with van der Waals surface area (Å²) in [6, 6.07) is 1.89. The highest BCUT2D eigenvalue weighted by Crippen LogP contribution is 2.44. The summed E-state index contributed by atoms with van der Waals surface area (Å²) in [5, 5.41) is 15.6. The van der Waals surface area contributed by atoms with Gasteiger partial charge in [0.05, 0.1) is 6.61 Å². The van der Waals surface area contributed by atoms with Gasteiger partial charge in [0.1, 0.15) is 18.0 Å². The van der Waals surface area contributed by atoms with Crippen molar-refractivity contribution in [3.05, 3.63) is 12.4 Å². The molecule has 1 heterocycles. The average Bonchev–Trinajstić information content (AvgIpc) is 3.08. The Morgan fingerprint density at radius 2 is 2.00 bits per heavy atom. The largest absolute Gasteiger partial charge is 0.396 e. The van der Waals surface area contributed by atoms with E-state index in [0.717, 1.165) is 37.6 Å². The Morgan fingerprint density at radius 1 is 1.31 bits per heavy atom. The van der Waals surface area contributed by atoms with Gasteiger partial charge < -0.3 is 15.7 Å². The first-order chi connectivity index (χ1) is 7.78. The fraction of sp³-hybridized carbons (Fsp3) is 0.636. The summed E-state index contributed by atoms with van der Waals surface area (Å²) in [4.78, 5) is 8.24. The molecule has 0 atom stereocenters. The van der Waals surface area contributed by atoms with E-state index < -0.39 is 0 Å². The molecule has 88 valence electrons. The van der Waals surface area contributed by atoms with E-state index in [1.165, 1.54) is 0 Å². The third-order valence-corrected chi connectivity index (χ3v) is 2.96. The molecule has 1 aliphatic rings. The summed E-state index contributed by atoms with van der Waals surface area (Å²) >= 11 is 0. The molecule has 0 bridgehead atoms. The predicted molar refractivity (Wildman–Crippen MR) is 63.4 cm³/mol. The monoisotopic (exact) mass is 222 g/mol. The smallest absolute Gasteiger partial charge is 0.131 e. The van der Waals surface area contributed by atoms with Gasteiger partial charge >= 0.3 is 0 Å². The van der Waals surface area contributed by atoms with Gasteiger partial charge in [-0.3, -0.25) is 0 Å². The van der Waals surface area contributed by atoms with Crippen LogP contribution in [0.3, 0.4) is 0 Å². The number of nitrogens with one attached hydrogen (secondary N) is 2. The van der Waals surface area contributed by atoms with Crippen LogP contribution in [0.5, 0.6) is 0 Å². The molecule has 1 saturated carbocycles. The van der Waals surface area contributed by atoms with Crippen LogP contribution in [0.4, 0.5) is 11.6 Å². The highest BCUT2D eigenvalue weighted by atomic mass is 16.3. The average molecular weight is 222 g/mol. The van der Waals surface area contributed by atoms with Crippen molar-refractivity contribution in [3.8, 4) is 0 Å². The molecule has 0 aromatic carbocycles. The van der Waals surface area contributed by atoms with Crippen LogP contribution < -0.4 is 10.6 Å². The van der Waals surface area contributed by atoms with E-state index in [4.69, 9.17) is 0 Å². The van der Waals surface area contributed by atoms with Gasteiger partial charge in [-0.15, -0.1) is 0 Å². The summed E-state index contributed by atoms with van der Waals surface area (Å²) < 4.78 is 0. The number of aliphatic hydroxyl groups excluding tert-OH is 1. The lowest BCUT2D eigenvalue weighted by atomic mass is 10.1. The van der Waals surface area contributed by atoms with Crippen LogP contribution in [0.15, 0.2) is 12.4 Å². The van der Waals surface area contributed by atoms with Gasteiger partial charge in [0.2, 0.25) is 0 Å². The maximum Gasteiger partial charge on any atom is 0.131 e. The van der Waals surface area contributed by atoms with Gasteiger partial charge in [-0.25, -0.2) is 9.97 Å². The topological polar surface area (TPSA) is 70.1 Å². The maximum atomic E-state index is 9.19. The van der Waals surface area contributed by atoms with Crippen LogP contribution in [-0.4, -0.2) is 34.8 Å². The molecule has 0 aliphatic heterocycles. The fourth-order valence-corrected chi connectivity index (χ4v) is 1.58. The fourth-order valence-electron chi connectivity index (χ4n) is 1.58. The number of rotatable bonds is 6. The van der Waals surface area contributed by atoms with Gasteiger partial charge in [0.25, 0.3) is 0 Å². The molecular weight excluding hydrogens is 204 g/mol. The lowest BCUT2D eigenvalue weighted by Gasteiger charge is -2.13. The van der Waals surface area contributed by atoms with Crippen molar-refractivity contribution in [2.45, 2.75) is 19.8 Å². The van der Waals surface area contributed by atoms with Gasteiger partial charge in [-0.1, -0.05) is 0 Å². The van der Waals surface area contributed by atoms with Crippen molar-refractivity contribution in [1.29, 1.82) is 0 Å². The molecule has 0 spiro atoms. The summed E-state index contributed by atoms with van der Waals surface area (Å²) in [7, 11) is 0. The molecule has 1 fully saturated rings. The highest BCUT2D eigenvalue weighted by Gasteiger charge is 2.41. The molecule has 2 rings (SSSR count). The van der Waals surface area contributed by atoms with Crippen molar-refractivity contribution < 1.29 is 5.11 Å². The Hall–Kier alpha value is -1.36. The van der Waals surface area contributed by atoms with E-state index in [0.29, 0.717) is 0 Å². The summed E-state index contributed by atoms with van der Waals surface area (Å²) in [6.45, 7) is 3.91. The highest BCUT2D eigenvalue weighted by molar-refractivity contribution is 5.46. The molecule has 3 N–H and O–H groups in total. The predicted octanol–water partition coefficient (Wildman–Crippen LogP) is 1.09. The lowest BCUT2D eigenvalue weighted by molar-refractivity contribution is 0.219. The van der Waals surface area contributed by atoms with E-state index in [1.54, 1.807) is 6.33 Å². The second kappa shape index (κ2) is 4.65. The molecule has 1 aromatic heterocycles. The Balaban J connectivity index is 1.91. The molecule has 0 saturated heterocycles. The van der Waals surface area contributed by atoms with Gasteiger partial charge in [-0.05, 0) is 19.8 Å². The standard InChI is InChI=1S/C11H18N4O/c1-2-12-9-5-10(15-8-14-9)13-6-11(7-16)3-4-11/h5,8,16H,2-4,6-7H2,1H3,(H2,12,13,14,15). The first kappa shape index (κ1) is 11.1. The lowest BCUT2D eigenvalue weighted by Crippen LogP contribution is -2.19. The van der Waals surface area contributed by atoms with E-state index in [9.17, 15) is 5.11 Å².